The molecule has 0 N–H and O–H groups in total. The molecule has 0 atom stereocenters. The number of rotatable bonds is 6. The van der Waals surface area contributed by atoms with Crippen molar-refractivity contribution in [2.24, 2.45) is 0 Å². The second-order valence-electron chi connectivity index (χ2n) is 3.24. The van der Waals surface area contributed by atoms with E-state index in [1.54, 1.807) is 0 Å². The van der Waals surface area contributed by atoms with Gasteiger partial charge in [-0.2, -0.15) is 0 Å². The van der Waals surface area contributed by atoms with E-state index in [0.717, 1.165) is 0 Å². The van der Waals surface area contributed by atoms with Gasteiger partial charge in [0, 0.05) is 0 Å². The Morgan fingerprint density at radius 2 is 0.588 bits per heavy atom. The summed E-state index contributed by atoms with van der Waals surface area (Å²) in [6.07, 6.45) is 8.51. The molecule has 5 heteroatoms. The predicted octanol–water partition coefficient (Wildman–Crippen LogP) is -0.938. The van der Waals surface area contributed by atoms with Gasteiger partial charge in [0.15, 0.2) is 0 Å². The van der Waals surface area contributed by atoms with Crippen LogP contribution in [0.5, 0.6) is 0 Å². The van der Waals surface area contributed by atoms with E-state index in [0.29, 0.717) is 15.8 Å². The molecule has 0 aromatic carbocycles. The van der Waals surface area contributed by atoms with Gasteiger partial charge in [-0.1, -0.05) is 41.5 Å². The first-order valence-electron chi connectivity index (χ1n) is 6.14. The Morgan fingerprint density at radius 3 is 0.588 bits per heavy atom. The van der Waals surface area contributed by atoms with Gasteiger partial charge in [-0.3, -0.25) is 0 Å². The zero-order valence-corrected chi connectivity index (χ0v) is 16.6. The fourth-order valence-electron chi connectivity index (χ4n) is 1.34. The molecule has 0 aliphatic heterocycles. The monoisotopic (exact) mass is 365 g/mol. The molecule has 0 fully saturated rings. The Bertz CT molecular complexity index is 77.5. The third kappa shape index (κ3) is 23.5. The van der Waals surface area contributed by atoms with Crippen LogP contribution in [0.3, 0.4) is 0 Å². The van der Waals surface area contributed by atoms with Crippen LogP contribution in [0.25, 0.3) is 0 Å². The zero-order chi connectivity index (χ0) is 11.4. The van der Waals surface area contributed by atoms with Gasteiger partial charge < -0.3 is 24.8 Å². The summed E-state index contributed by atoms with van der Waals surface area (Å²) in [4.78, 5) is 0. The van der Waals surface area contributed by atoms with Crippen molar-refractivity contribution in [2.45, 2.75) is 41.5 Å². The molecule has 0 amide bonds. The average molecular weight is 366 g/mol. The fourth-order valence-corrected chi connectivity index (χ4v) is 4.02. The van der Waals surface area contributed by atoms with Crippen LogP contribution in [-0.4, -0.2) is 37.0 Å². The average Bonchev–Trinajstić information content (AvgIpc) is 2.24. The van der Waals surface area contributed by atoms with Crippen LogP contribution in [-0.2, 0) is 16.8 Å². The molecule has 1 radical (unpaired) electrons. The maximum absolute atomic E-state index is 2.29. The summed E-state index contributed by atoms with van der Waals surface area (Å²) in [7, 11) is 0.892. The molecule has 0 nitrogen and oxygen atoms in total. The normalized spacial score (nSPS) is 8.47. The molecule has 0 rings (SSSR count). The van der Waals surface area contributed by atoms with Gasteiger partial charge in [-0.05, 0) is 37.0 Å². The van der Waals surface area contributed by atoms with Gasteiger partial charge in [0.25, 0.3) is 0 Å². The van der Waals surface area contributed by atoms with E-state index in [1.807, 2.05) is 0 Å². The van der Waals surface area contributed by atoms with E-state index in [-0.39, 0.29) is 41.6 Å². The van der Waals surface area contributed by atoms with Crippen LogP contribution in [0.15, 0.2) is 0 Å². The van der Waals surface area contributed by atoms with Gasteiger partial charge in [-0.15, -0.1) is 15.8 Å². The van der Waals surface area contributed by atoms with Crippen molar-refractivity contribution in [2.75, 3.05) is 37.0 Å². The Kier molecular flexibility index (Phi) is 48.9. The number of hydrogen-bond donors (Lipinski definition) is 0. The minimum absolute atomic E-state index is 0. The number of hydrogen-bond acceptors (Lipinski definition) is 0. The SMILES string of the molecule is CCP(CC)CC.CCP(CC)CC.[Cl-].[Cl-].[Co+2]. The zero-order valence-electron chi connectivity index (χ0n) is 12.2. The first-order valence-corrected chi connectivity index (χ1v) is 9.93. The third-order valence-corrected chi connectivity index (χ3v) is 8.05. The summed E-state index contributed by atoms with van der Waals surface area (Å²) in [5.41, 5.74) is 0. The van der Waals surface area contributed by atoms with Crippen molar-refractivity contribution in [3.8, 4) is 0 Å². The predicted molar refractivity (Wildman–Crippen MR) is 77.1 cm³/mol. The molecule has 0 aromatic heterocycles. The minimum atomic E-state index is 0. The summed E-state index contributed by atoms with van der Waals surface area (Å²) < 4.78 is 0. The molecular weight excluding hydrogens is 336 g/mol. The minimum Gasteiger partial charge on any atom is -1.00 e. The van der Waals surface area contributed by atoms with Gasteiger partial charge in [0.05, 0.1) is 0 Å². The van der Waals surface area contributed by atoms with Crippen molar-refractivity contribution < 1.29 is 41.6 Å². The van der Waals surface area contributed by atoms with E-state index >= 15 is 0 Å². The largest absolute Gasteiger partial charge is 2.00 e. The van der Waals surface area contributed by atoms with Crippen LogP contribution in [0.1, 0.15) is 41.5 Å². The van der Waals surface area contributed by atoms with E-state index < -0.39 is 0 Å². The summed E-state index contributed by atoms with van der Waals surface area (Å²) in [6, 6.07) is 0. The van der Waals surface area contributed by atoms with Crippen LogP contribution in [0.4, 0.5) is 0 Å². The van der Waals surface area contributed by atoms with Crippen molar-refractivity contribution >= 4 is 15.8 Å². The smallest absolute Gasteiger partial charge is 1.00 e. The van der Waals surface area contributed by atoms with Crippen LogP contribution in [0, 0.1) is 0 Å². The van der Waals surface area contributed by atoms with Gasteiger partial charge in [0.2, 0.25) is 0 Å². The van der Waals surface area contributed by atoms with E-state index in [2.05, 4.69) is 41.5 Å². The number of halogens is 2. The topological polar surface area (TPSA) is 0 Å². The molecule has 0 spiro atoms. The van der Waals surface area contributed by atoms with Crippen molar-refractivity contribution in [1.29, 1.82) is 0 Å². The molecule has 111 valence electrons. The second-order valence-corrected chi connectivity index (χ2v) is 9.72. The van der Waals surface area contributed by atoms with E-state index in [4.69, 9.17) is 0 Å². The summed E-state index contributed by atoms with van der Waals surface area (Å²) >= 11 is 0. The van der Waals surface area contributed by atoms with Crippen LogP contribution >= 0.6 is 15.8 Å². The summed E-state index contributed by atoms with van der Waals surface area (Å²) in [6.45, 7) is 13.7. The first kappa shape index (κ1) is 31.4. The van der Waals surface area contributed by atoms with Crippen molar-refractivity contribution in [3.63, 3.8) is 0 Å². The Labute approximate surface area is 135 Å². The Morgan fingerprint density at radius 1 is 0.471 bits per heavy atom. The molecule has 17 heavy (non-hydrogen) atoms. The molecule has 0 aromatic rings. The Balaban J connectivity index is -0.0000000480. The molecule has 0 saturated carbocycles. The van der Waals surface area contributed by atoms with Gasteiger partial charge in [-0.25, -0.2) is 0 Å². The van der Waals surface area contributed by atoms with Gasteiger partial charge >= 0.3 is 16.8 Å². The van der Waals surface area contributed by atoms with Gasteiger partial charge in [0.1, 0.15) is 0 Å². The summed E-state index contributed by atoms with van der Waals surface area (Å²) in [5.74, 6) is 0. The van der Waals surface area contributed by atoms with Crippen LogP contribution < -0.4 is 24.8 Å². The Hall–Kier alpha value is 1.95. The van der Waals surface area contributed by atoms with E-state index in [1.165, 1.54) is 37.0 Å². The maximum atomic E-state index is 2.29. The molecule has 0 aliphatic rings. The van der Waals surface area contributed by atoms with Crippen molar-refractivity contribution in [3.05, 3.63) is 0 Å². The molecule has 0 heterocycles. The molecule has 0 saturated heterocycles. The standard InChI is InChI=1S/2C6H15P.2ClH.Co/c2*1-4-7(5-2)6-3;;;/h2*4-6H2,1-3H3;2*1H;/q;;;;+2/p-2. The van der Waals surface area contributed by atoms with Crippen molar-refractivity contribution in [1.82, 2.24) is 0 Å². The van der Waals surface area contributed by atoms with Crippen LogP contribution in [0.2, 0.25) is 0 Å². The second kappa shape index (κ2) is 26.5. The maximum Gasteiger partial charge on any atom is 2.00 e. The molecule has 0 unspecified atom stereocenters. The summed E-state index contributed by atoms with van der Waals surface area (Å²) in [5, 5.41) is 0. The molecule has 0 bridgehead atoms. The van der Waals surface area contributed by atoms with E-state index in [9.17, 15) is 0 Å². The quantitative estimate of drug-likeness (QED) is 0.533. The third-order valence-electron chi connectivity index (χ3n) is 2.68. The molecule has 0 aliphatic carbocycles. The fraction of sp³-hybridized carbons (Fsp3) is 1.00. The first-order chi connectivity index (χ1) is 6.69. The molecular formula is C12H30Cl2CoP2.